The number of sulfonamides is 1. The van der Waals surface area contributed by atoms with Gasteiger partial charge in [0.1, 0.15) is 5.82 Å². The van der Waals surface area contributed by atoms with Gasteiger partial charge in [-0.25, -0.2) is 17.8 Å². The van der Waals surface area contributed by atoms with E-state index >= 15 is 0 Å². The minimum Gasteiger partial charge on any atom is -0.347 e. The molecule has 0 atom stereocenters. The topological polar surface area (TPSA) is 66.4 Å². The maximum absolute atomic E-state index is 14.0. The number of hydrogen-bond donors (Lipinski definition) is 0. The van der Waals surface area contributed by atoms with E-state index in [1.54, 1.807) is 28.7 Å². The summed E-state index contributed by atoms with van der Waals surface area (Å²) in [4.78, 5) is 11.3. The first-order valence-electron chi connectivity index (χ1n) is 11.3. The predicted molar refractivity (Wildman–Crippen MR) is 123 cm³/mol. The van der Waals surface area contributed by atoms with E-state index < -0.39 is 10.0 Å². The molecule has 32 heavy (non-hydrogen) atoms. The maximum Gasteiger partial charge on any atom is 0.243 e. The summed E-state index contributed by atoms with van der Waals surface area (Å²) in [5, 5.41) is 0.842. The van der Waals surface area contributed by atoms with Crippen molar-refractivity contribution in [2.75, 3.05) is 24.5 Å². The van der Waals surface area contributed by atoms with Gasteiger partial charge in [-0.05, 0) is 49.6 Å². The molecular formula is C23H25FN4O2S2. The Morgan fingerprint density at radius 2 is 1.91 bits per heavy atom. The molecule has 0 N–H and O–H groups in total. The fourth-order valence-corrected chi connectivity index (χ4v) is 8.40. The van der Waals surface area contributed by atoms with Crippen molar-refractivity contribution < 1.29 is 12.8 Å². The van der Waals surface area contributed by atoms with Crippen LogP contribution in [0.25, 0.3) is 10.2 Å². The van der Waals surface area contributed by atoms with Crippen LogP contribution in [0.4, 0.5) is 9.52 Å². The van der Waals surface area contributed by atoms with Gasteiger partial charge < -0.3 is 4.90 Å². The van der Waals surface area contributed by atoms with Gasteiger partial charge in [0.25, 0.3) is 0 Å². The zero-order valence-corrected chi connectivity index (χ0v) is 19.3. The van der Waals surface area contributed by atoms with Crippen LogP contribution in [0.2, 0.25) is 0 Å². The Labute approximate surface area is 191 Å². The number of fused-ring (bicyclic) bond motifs is 1. The lowest BCUT2D eigenvalue weighted by Gasteiger charge is -2.53. The number of halogens is 1. The lowest BCUT2D eigenvalue weighted by molar-refractivity contribution is 0.0333. The number of nitrogens with zero attached hydrogens (tertiary/aromatic N) is 4. The van der Waals surface area contributed by atoms with Crippen molar-refractivity contribution in [2.24, 2.45) is 0 Å². The molecule has 0 bridgehead atoms. The largest absolute Gasteiger partial charge is 0.347 e. The molecule has 3 aliphatic rings. The van der Waals surface area contributed by atoms with Crippen molar-refractivity contribution in [1.82, 2.24) is 14.3 Å². The molecule has 6 nitrogen and oxygen atoms in total. The molecule has 168 valence electrons. The van der Waals surface area contributed by atoms with Crippen LogP contribution < -0.4 is 4.90 Å². The van der Waals surface area contributed by atoms with Gasteiger partial charge in [0.05, 0.1) is 20.8 Å². The zero-order chi connectivity index (χ0) is 21.9. The van der Waals surface area contributed by atoms with E-state index in [-0.39, 0.29) is 17.3 Å². The number of aromatic nitrogens is 2. The molecule has 9 heteroatoms. The molecule has 0 amide bonds. The minimum atomic E-state index is -3.51. The lowest BCUT2D eigenvalue weighted by Crippen LogP contribution is -2.62. The summed E-state index contributed by atoms with van der Waals surface area (Å²) in [7, 11) is -3.51. The molecule has 1 aliphatic carbocycles. The van der Waals surface area contributed by atoms with Crippen LogP contribution in [-0.4, -0.2) is 47.9 Å². The molecule has 1 spiro atoms. The third kappa shape index (κ3) is 3.16. The Kier molecular flexibility index (Phi) is 4.78. The highest BCUT2D eigenvalue weighted by Gasteiger charge is 2.51. The molecule has 3 fully saturated rings. The van der Waals surface area contributed by atoms with Crippen molar-refractivity contribution in [1.29, 1.82) is 0 Å². The first-order chi connectivity index (χ1) is 15.5. The van der Waals surface area contributed by atoms with Crippen molar-refractivity contribution in [3.8, 4) is 0 Å². The molecule has 0 unspecified atom stereocenters. The second-order valence-electron chi connectivity index (χ2n) is 9.21. The van der Waals surface area contributed by atoms with Crippen molar-refractivity contribution in [2.45, 2.75) is 54.9 Å². The standard InChI is InChI=1S/C23H25FN4O2S2/c24-18-5-4-11-25-21(18)16-14-27(15-16)22-26-19-7-6-17(13-20(19)31-22)32(29,30)28-12-10-23(28)8-2-1-3-9-23/h4-7,11,13,16H,1-3,8-10,12,14-15H2. The quantitative estimate of drug-likeness (QED) is 0.558. The molecule has 4 heterocycles. The summed E-state index contributed by atoms with van der Waals surface area (Å²) in [6.45, 7) is 1.94. The first kappa shape index (κ1) is 20.5. The van der Waals surface area contributed by atoms with Crippen LogP contribution in [0.3, 0.4) is 0 Å². The number of anilines is 1. The van der Waals surface area contributed by atoms with Gasteiger partial charge in [-0.1, -0.05) is 30.6 Å². The van der Waals surface area contributed by atoms with E-state index in [1.165, 1.54) is 23.8 Å². The van der Waals surface area contributed by atoms with Crippen molar-refractivity contribution in [3.05, 3.63) is 48.0 Å². The van der Waals surface area contributed by atoms with Crippen LogP contribution in [-0.2, 0) is 10.0 Å². The zero-order valence-electron chi connectivity index (χ0n) is 17.7. The lowest BCUT2D eigenvalue weighted by atomic mass is 9.75. The molecule has 1 aromatic carbocycles. The van der Waals surface area contributed by atoms with E-state index in [2.05, 4.69) is 9.88 Å². The van der Waals surface area contributed by atoms with Gasteiger partial charge in [-0.15, -0.1) is 0 Å². The number of pyridine rings is 1. The molecule has 2 aromatic heterocycles. The average Bonchev–Trinajstić information content (AvgIpc) is 3.16. The maximum atomic E-state index is 14.0. The van der Waals surface area contributed by atoms with Gasteiger partial charge in [0, 0.05) is 37.3 Å². The second-order valence-corrected chi connectivity index (χ2v) is 12.1. The highest BCUT2D eigenvalue weighted by molar-refractivity contribution is 7.89. The number of benzene rings is 1. The molecule has 3 aromatic rings. The number of rotatable bonds is 4. The minimum absolute atomic E-state index is 0.0530. The third-order valence-electron chi connectivity index (χ3n) is 7.36. The van der Waals surface area contributed by atoms with E-state index in [0.717, 1.165) is 47.5 Å². The summed E-state index contributed by atoms with van der Waals surface area (Å²) in [5.41, 5.74) is 1.15. The van der Waals surface area contributed by atoms with Crippen LogP contribution in [0.5, 0.6) is 0 Å². The molecule has 1 saturated carbocycles. The number of hydrogen-bond acceptors (Lipinski definition) is 6. The summed E-state index contributed by atoms with van der Waals surface area (Å²) in [6.07, 6.45) is 7.99. The molecule has 2 aliphatic heterocycles. The smallest absolute Gasteiger partial charge is 0.243 e. The monoisotopic (exact) mass is 472 g/mol. The molecule has 0 radical (unpaired) electrons. The fourth-order valence-electron chi connectivity index (χ4n) is 5.43. The van der Waals surface area contributed by atoms with Gasteiger partial charge in [-0.2, -0.15) is 4.31 Å². The molecule has 2 saturated heterocycles. The van der Waals surface area contributed by atoms with Crippen LogP contribution in [0.15, 0.2) is 41.4 Å². The first-order valence-corrected chi connectivity index (χ1v) is 13.5. The fraction of sp³-hybridized carbons (Fsp3) is 0.478. The predicted octanol–water partition coefficient (Wildman–Crippen LogP) is 4.53. The SMILES string of the molecule is O=S(=O)(c1ccc2nc(N3CC(c4ncccc4F)C3)sc2c1)N1CCC12CCCCC2. The summed E-state index contributed by atoms with van der Waals surface area (Å²) >= 11 is 1.50. The van der Waals surface area contributed by atoms with E-state index in [0.29, 0.717) is 30.2 Å². The van der Waals surface area contributed by atoms with E-state index in [9.17, 15) is 12.8 Å². The van der Waals surface area contributed by atoms with Gasteiger partial charge >= 0.3 is 0 Å². The Morgan fingerprint density at radius 1 is 1.09 bits per heavy atom. The summed E-state index contributed by atoms with van der Waals surface area (Å²) < 4.78 is 43.5. The Hall–Kier alpha value is -2.10. The van der Waals surface area contributed by atoms with Gasteiger partial charge in [-0.3, -0.25) is 4.98 Å². The molecule has 6 rings (SSSR count). The normalized spacial score (nSPS) is 21.6. The Bertz CT molecular complexity index is 1280. The van der Waals surface area contributed by atoms with Crippen molar-refractivity contribution in [3.63, 3.8) is 0 Å². The summed E-state index contributed by atoms with van der Waals surface area (Å²) in [6, 6.07) is 8.32. The van der Waals surface area contributed by atoms with E-state index in [4.69, 9.17) is 4.98 Å². The highest BCUT2D eigenvalue weighted by atomic mass is 32.2. The summed E-state index contributed by atoms with van der Waals surface area (Å²) in [5.74, 6) is -0.213. The second kappa shape index (κ2) is 7.46. The number of thiazole rings is 1. The third-order valence-corrected chi connectivity index (χ3v) is 10.4. The Balaban J connectivity index is 1.23. The molecular weight excluding hydrogens is 447 g/mol. The highest BCUT2D eigenvalue weighted by Crippen LogP contribution is 2.46. The van der Waals surface area contributed by atoms with Crippen LogP contribution >= 0.6 is 11.3 Å². The van der Waals surface area contributed by atoms with E-state index in [1.807, 2.05) is 6.07 Å². The average molecular weight is 473 g/mol. The van der Waals surface area contributed by atoms with Gasteiger partial charge in [0.2, 0.25) is 10.0 Å². The van der Waals surface area contributed by atoms with Crippen molar-refractivity contribution >= 4 is 36.7 Å². The van der Waals surface area contributed by atoms with Crippen LogP contribution in [0, 0.1) is 5.82 Å². The van der Waals surface area contributed by atoms with Gasteiger partial charge in [0.15, 0.2) is 5.13 Å². The van der Waals surface area contributed by atoms with Crippen LogP contribution in [0.1, 0.15) is 50.1 Å². The Morgan fingerprint density at radius 3 is 2.62 bits per heavy atom.